The molecule has 1 aromatic carbocycles. The van der Waals surface area contributed by atoms with E-state index < -0.39 is 0 Å². The number of anilines is 1. The third kappa shape index (κ3) is 3.61. The highest BCUT2D eigenvalue weighted by Crippen LogP contribution is 2.37. The molecule has 0 spiro atoms. The molecule has 19 heavy (non-hydrogen) atoms. The van der Waals surface area contributed by atoms with Crippen molar-refractivity contribution in [2.45, 2.75) is 16.8 Å². The van der Waals surface area contributed by atoms with E-state index in [1.165, 1.54) is 0 Å². The summed E-state index contributed by atoms with van der Waals surface area (Å²) < 4.78 is 6.45. The molecule has 0 saturated heterocycles. The molecule has 1 aromatic heterocycles. The van der Waals surface area contributed by atoms with Crippen molar-refractivity contribution in [3.8, 4) is 5.75 Å². The van der Waals surface area contributed by atoms with E-state index in [0.717, 1.165) is 26.8 Å². The van der Waals surface area contributed by atoms with E-state index in [1.54, 1.807) is 25.2 Å². The lowest BCUT2D eigenvalue weighted by Gasteiger charge is -2.11. The van der Waals surface area contributed by atoms with Gasteiger partial charge >= 0.3 is 0 Å². The van der Waals surface area contributed by atoms with E-state index in [0.29, 0.717) is 5.75 Å². The normalized spacial score (nSPS) is 10.3. The van der Waals surface area contributed by atoms with Crippen molar-refractivity contribution in [2.75, 3.05) is 19.0 Å². The molecule has 0 aliphatic carbocycles. The zero-order valence-corrected chi connectivity index (χ0v) is 13.1. The predicted molar refractivity (Wildman–Crippen MR) is 81.0 cm³/mol. The van der Waals surface area contributed by atoms with Crippen molar-refractivity contribution in [3.05, 3.63) is 35.1 Å². The van der Waals surface area contributed by atoms with Gasteiger partial charge in [0.25, 0.3) is 0 Å². The van der Waals surface area contributed by atoms with Crippen LogP contribution in [0.1, 0.15) is 6.92 Å². The van der Waals surface area contributed by atoms with Crippen LogP contribution in [-0.4, -0.2) is 23.6 Å². The van der Waals surface area contributed by atoms with Crippen molar-refractivity contribution >= 4 is 33.5 Å². The molecule has 4 nitrogen and oxygen atoms in total. The summed E-state index contributed by atoms with van der Waals surface area (Å²) in [6.45, 7) is 2.80. The fourth-order valence-corrected chi connectivity index (χ4v) is 3.03. The summed E-state index contributed by atoms with van der Waals surface area (Å²) in [7, 11) is 1.63. The number of hydrogen-bond acceptors (Lipinski definition) is 5. The van der Waals surface area contributed by atoms with E-state index in [-0.39, 0.29) is 0 Å². The molecule has 1 heterocycles. The van der Waals surface area contributed by atoms with Gasteiger partial charge in [0.05, 0.1) is 7.11 Å². The number of hydrogen-bond donors (Lipinski definition) is 1. The zero-order valence-electron chi connectivity index (χ0n) is 10.7. The van der Waals surface area contributed by atoms with Crippen LogP contribution in [-0.2, 0) is 0 Å². The van der Waals surface area contributed by atoms with Gasteiger partial charge in [-0.15, -0.1) is 0 Å². The highest BCUT2D eigenvalue weighted by molar-refractivity contribution is 9.10. The number of methoxy groups -OCH3 is 1. The molecule has 0 radical (unpaired) electrons. The minimum Gasteiger partial charge on any atom is -0.490 e. The average molecular weight is 340 g/mol. The number of benzene rings is 1. The zero-order chi connectivity index (χ0) is 13.7. The maximum absolute atomic E-state index is 5.41. The Morgan fingerprint density at radius 3 is 2.89 bits per heavy atom. The number of halogens is 1. The molecule has 0 aliphatic rings. The predicted octanol–water partition coefficient (Wildman–Crippen LogP) is 3.83. The topological polar surface area (TPSA) is 47.0 Å². The minimum absolute atomic E-state index is 0.675. The fourth-order valence-electron chi connectivity index (χ4n) is 1.55. The van der Waals surface area contributed by atoms with E-state index in [9.17, 15) is 0 Å². The first-order valence-corrected chi connectivity index (χ1v) is 7.41. The second-order valence-electron chi connectivity index (χ2n) is 3.65. The van der Waals surface area contributed by atoms with Crippen molar-refractivity contribution < 1.29 is 4.74 Å². The molecular weight excluding hydrogens is 326 g/mol. The Morgan fingerprint density at radius 2 is 2.21 bits per heavy atom. The molecule has 100 valence electrons. The van der Waals surface area contributed by atoms with Crippen LogP contribution in [0.5, 0.6) is 5.75 Å². The van der Waals surface area contributed by atoms with Crippen LogP contribution in [0.25, 0.3) is 0 Å². The first-order valence-electron chi connectivity index (χ1n) is 5.81. The van der Waals surface area contributed by atoms with Gasteiger partial charge in [0.1, 0.15) is 11.4 Å². The molecular formula is C13H14BrN3OS. The van der Waals surface area contributed by atoms with Crippen LogP contribution in [0.4, 0.5) is 5.82 Å². The maximum atomic E-state index is 5.41. The van der Waals surface area contributed by atoms with E-state index in [1.807, 2.05) is 31.2 Å². The van der Waals surface area contributed by atoms with Crippen molar-refractivity contribution in [3.63, 3.8) is 0 Å². The Kier molecular flexibility index (Phi) is 5.04. The SMILES string of the molecule is CCNc1ncnc(Sc2cccc(Br)c2)c1OC. The summed E-state index contributed by atoms with van der Waals surface area (Å²) in [6, 6.07) is 8.06. The summed E-state index contributed by atoms with van der Waals surface area (Å²) in [5.41, 5.74) is 0. The van der Waals surface area contributed by atoms with Gasteiger partial charge in [-0.05, 0) is 25.1 Å². The number of aromatic nitrogens is 2. The molecule has 0 fully saturated rings. The molecule has 0 aliphatic heterocycles. The van der Waals surface area contributed by atoms with Gasteiger partial charge in [0.15, 0.2) is 11.6 Å². The van der Waals surface area contributed by atoms with Gasteiger partial charge in [-0.3, -0.25) is 0 Å². The van der Waals surface area contributed by atoms with Crippen molar-refractivity contribution in [2.24, 2.45) is 0 Å². The smallest absolute Gasteiger partial charge is 0.194 e. The van der Waals surface area contributed by atoms with Crippen LogP contribution in [0.15, 0.2) is 45.0 Å². The van der Waals surface area contributed by atoms with E-state index in [4.69, 9.17) is 4.74 Å². The Balaban J connectivity index is 2.31. The molecule has 1 N–H and O–H groups in total. The maximum Gasteiger partial charge on any atom is 0.194 e. The van der Waals surface area contributed by atoms with Crippen LogP contribution in [0.3, 0.4) is 0 Å². The summed E-state index contributed by atoms with van der Waals surface area (Å²) in [6.07, 6.45) is 1.54. The lowest BCUT2D eigenvalue weighted by Crippen LogP contribution is -2.03. The summed E-state index contributed by atoms with van der Waals surface area (Å²) in [5.74, 6) is 1.40. The van der Waals surface area contributed by atoms with Crippen LogP contribution in [0.2, 0.25) is 0 Å². The Hall–Kier alpha value is -1.27. The van der Waals surface area contributed by atoms with E-state index in [2.05, 4.69) is 31.2 Å². The highest BCUT2D eigenvalue weighted by Gasteiger charge is 2.12. The largest absolute Gasteiger partial charge is 0.490 e. The lowest BCUT2D eigenvalue weighted by atomic mass is 10.4. The number of nitrogens with one attached hydrogen (secondary N) is 1. The Morgan fingerprint density at radius 1 is 1.37 bits per heavy atom. The molecule has 2 aromatic rings. The Bertz CT molecular complexity index is 565. The fraction of sp³-hybridized carbons (Fsp3) is 0.231. The van der Waals surface area contributed by atoms with Gasteiger partial charge in [-0.1, -0.05) is 33.8 Å². The molecule has 0 bridgehead atoms. The number of nitrogens with zero attached hydrogens (tertiary/aromatic N) is 2. The highest BCUT2D eigenvalue weighted by atomic mass is 79.9. The average Bonchev–Trinajstić information content (AvgIpc) is 2.39. The molecule has 6 heteroatoms. The standard InChI is InChI=1S/C13H14BrN3OS/c1-3-15-12-11(18-2)13(17-8-16-12)19-10-6-4-5-9(14)7-10/h4-8H,3H2,1-2H3,(H,15,16,17). The summed E-state index contributed by atoms with van der Waals surface area (Å²) in [4.78, 5) is 9.57. The molecule has 2 rings (SSSR count). The van der Waals surface area contributed by atoms with Crippen LogP contribution < -0.4 is 10.1 Å². The minimum atomic E-state index is 0.675. The molecule has 0 amide bonds. The van der Waals surface area contributed by atoms with Gasteiger partial charge < -0.3 is 10.1 Å². The first-order chi connectivity index (χ1) is 9.24. The lowest BCUT2D eigenvalue weighted by molar-refractivity contribution is 0.400. The second kappa shape index (κ2) is 6.77. The molecule has 0 atom stereocenters. The first kappa shape index (κ1) is 14.1. The van der Waals surface area contributed by atoms with Gasteiger partial charge in [-0.25, -0.2) is 9.97 Å². The molecule has 0 saturated carbocycles. The molecule has 0 unspecified atom stereocenters. The summed E-state index contributed by atoms with van der Waals surface area (Å²) in [5, 5.41) is 3.96. The van der Waals surface area contributed by atoms with Crippen LogP contribution in [0, 0.1) is 0 Å². The van der Waals surface area contributed by atoms with Gasteiger partial charge in [0.2, 0.25) is 0 Å². The number of ether oxygens (including phenoxy) is 1. The monoisotopic (exact) mass is 339 g/mol. The van der Waals surface area contributed by atoms with Crippen molar-refractivity contribution in [1.82, 2.24) is 9.97 Å². The van der Waals surface area contributed by atoms with E-state index >= 15 is 0 Å². The van der Waals surface area contributed by atoms with Gasteiger partial charge in [-0.2, -0.15) is 0 Å². The number of rotatable bonds is 5. The third-order valence-corrected chi connectivity index (χ3v) is 3.80. The Labute approximate surface area is 125 Å². The quantitative estimate of drug-likeness (QED) is 0.838. The summed E-state index contributed by atoms with van der Waals surface area (Å²) >= 11 is 5.01. The van der Waals surface area contributed by atoms with Crippen LogP contribution >= 0.6 is 27.7 Å². The third-order valence-electron chi connectivity index (χ3n) is 2.33. The van der Waals surface area contributed by atoms with Crippen molar-refractivity contribution in [1.29, 1.82) is 0 Å². The van der Waals surface area contributed by atoms with Gasteiger partial charge in [0, 0.05) is 15.9 Å². The second-order valence-corrected chi connectivity index (χ2v) is 5.63.